The van der Waals surface area contributed by atoms with E-state index in [2.05, 4.69) is 0 Å². The zero-order valence-electron chi connectivity index (χ0n) is 12.0. The largest absolute Gasteiger partial charge is 0.445 e. The molecule has 5 nitrogen and oxygen atoms in total. The molecule has 0 aromatic heterocycles. The SMILES string of the molecule is O=C(OCc1ccccc1)N1CC(O[C@@H]2CCC[C@H]2O)C1. The number of aliphatic hydroxyl groups excluding tert-OH is 1. The van der Waals surface area contributed by atoms with Crippen molar-refractivity contribution in [3.8, 4) is 0 Å². The Morgan fingerprint density at radius 2 is 2.00 bits per heavy atom. The summed E-state index contributed by atoms with van der Waals surface area (Å²) in [6.45, 7) is 1.40. The molecule has 2 atom stereocenters. The average Bonchev–Trinajstić information content (AvgIpc) is 2.86. The summed E-state index contributed by atoms with van der Waals surface area (Å²) in [5.74, 6) is 0. The second-order valence-corrected chi connectivity index (χ2v) is 5.74. The van der Waals surface area contributed by atoms with Gasteiger partial charge in [-0.3, -0.25) is 0 Å². The summed E-state index contributed by atoms with van der Waals surface area (Å²) < 4.78 is 11.1. The predicted molar refractivity (Wildman–Crippen MR) is 76.7 cm³/mol. The lowest BCUT2D eigenvalue weighted by Crippen LogP contribution is -2.56. The minimum Gasteiger partial charge on any atom is -0.445 e. The van der Waals surface area contributed by atoms with Crippen LogP contribution in [0.5, 0.6) is 0 Å². The van der Waals surface area contributed by atoms with Gasteiger partial charge in [-0.25, -0.2) is 4.79 Å². The number of ether oxygens (including phenoxy) is 2. The maximum atomic E-state index is 11.8. The molecule has 1 heterocycles. The van der Waals surface area contributed by atoms with Gasteiger partial charge in [0.2, 0.25) is 0 Å². The Bertz CT molecular complexity index is 472. The molecule has 5 heteroatoms. The minimum atomic E-state index is -0.343. The molecule has 0 bridgehead atoms. The summed E-state index contributed by atoms with van der Waals surface area (Å²) in [6, 6.07) is 9.63. The Morgan fingerprint density at radius 1 is 1.24 bits per heavy atom. The van der Waals surface area contributed by atoms with Crippen LogP contribution in [0.15, 0.2) is 30.3 Å². The molecule has 1 aliphatic carbocycles. The van der Waals surface area contributed by atoms with Gasteiger partial charge in [0.25, 0.3) is 0 Å². The van der Waals surface area contributed by atoms with Crippen molar-refractivity contribution in [3.63, 3.8) is 0 Å². The standard InChI is InChI=1S/C16H21NO4/c18-14-7-4-8-15(14)21-13-9-17(10-13)16(19)20-11-12-5-2-1-3-6-12/h1-3,5-6,13-15,18H,4,7-11H2/t14-,15-/m1/s1. The number of hydrogen-bond donors (Lipinski definition) is 1. The predicted octanol–water partition coefficient (Wildman–Crippen LogP) is 1.94. The Balaban J connectivity index is 1.36. The van der Waals surface area contributed by atoms with Crippen molar-refractivity contribution in [3.05, 3.63) is 35.9 Å². The van der Waals surface area contributed by atoms with Crippen LogP contribution >= 0.6 is 0 Å². The fourth-order valence-electron chi connectivity index (χ4n) is 2.80. The van der Waals surface area contributed by atoms with E-state index in [1.165, 1.54) is 0 Å². The molecule has 1 aliphatic heterocycles. The van der Waals surface area contributed by atoms with Crippen LogP contribution in [-0.4, -0.2) is 47.5 Å². The molecular weight excluding hydrogens is 270 g/mol. The highest BCUT2D eigenvalue weighted by Gasteiger charge is 2.37. The van der Waals surface area contributed by atoms with Crippen LogP contribution in [0.1, 0.15) is 24.8 Å². The molecule has 21 heavy (non-hydrogen) atoms. The molecule has 1 aromatic carbocycles. The third-order valence-corrected chi connectivity index (χ3v) is 4.10. The van der Waals surface area contributed by atoms with Crippen LogP contribution in [0.3, 0.4) is 0 Å². The third kappa shape index (κ3) is 3.54. The number of carbonyl (C=O) groups excluding carboxylic acids is 1. The van der Waals surface area contributed by atoms with E-state index in [4.69, 9.17) is 9.47 Å². The van der Waals surface area contributed by atoms with Gasteiger partial charge in [-0.1, -0.05) is 30.3 Å². The molecule has 0 unspecified atom stereocenters. The van der Waals surface area contributed by atoms with Crippen molar-refractivity contribution in [2.24, 2.45) is 0 Å². The van der Waals surface area contributed by atoms with E-state index in [-0.39, 0.29) is 24.4 Å². The van der Waals surface area contributed by atoms with Gasteiger partial charge in [-0.2, -0.15) is 0 Å². The van der Waals surface area contributed by atoms with Crippen molar-refractivity contribution in [2.75, 3.05) is 13.1 Å². The number of benzene rings is 1. The third-order valence-electron chi connectivity index (χ3n) is 4.10. The van der Waals surface area contributed by atoms with Crippen LogP contribution in [-0.2, 0) is 16.1 Å². The molecule has 114 valence electrons. The number of nitrogens with zero attached hydrogens (tertiary/aromatic N) is 1. The summed E-state index contributed by atoms with van der Waals surface area (Å²) in [7, 11) is 0. The van der Waals surface area contributed by atoms with E-state index in [1.54, 1.807) is 4.90 Å². The highest BCUT2D eigenvalue weighted by Crippen LogP contribution is 2.25. The molecule has 0 radical (unpaired) electrons. The van der Waals surface area contributed by atoms with Crippen LogP contribution in [0.2, 0.25) is 0 Å². The van der Waals surface area contributed by atoms with Gasteiger partial charge in [-0.15, -0.1) is 0 Å². The highest BCUT2D eigenvalue weighted by molar-refractivity contribution is 5.68. The van der Waals surface area contributed by atoms with Crippen LogP contribution in [0, 0.1) is 0 Å². The molecule has 1 amide bonds. The van der Waals surface area contributed by atoms with Gasteiger partial charge >= 0.3 is 6.09 Å². The summed E-state index contributed by atoms with van der Waals surface area (Å²) in [5, 5.41) is 9.71. The Labute approximate surface area is 124 Å². The molecule has 2 aliphatic rings. The summed E-state index contributed by atoms with van der Waals surface area (Å²) >= 11 is 0. The maximum Gasteiger partial charge on any atom is 0.410 e. The molecule has 0 spiro atoms. The first kappa shape index (κ1) is 14.4. The van der Waals surface area contributed by atoms with Crippen LogP contribution in [0.4, 0.5) is 4.79 Å². The van der Waals surface area contributed by atoms with Crippen molar-refractivity contribution in [1.82, 2.24) is 4.90 Å². The number of carbonyl (C=O) groups is 1. The Hall–Kier alpha value is -1.59. The minimum absolute atomic E-state index is 0.0343. The van der Waals surface area contributed by atoms with E-state index in [9.17, 15) is 9.90 Å². The quantitative estimate of drug-likeness (QED) is 0.921. The highest BCUT2D eigenvalue weighted by atomic mass is 16.6. The van der Waals surface area contributed by atoms with E-state index in [1.807, 2.05) is 30.3 Å². The summed E-state index contributed by atoms with van der Waals surface area (Å²) in [4.78, 5) is 13.5. The summed E-state index contributed by atoms with van der Waals surface area (Å²) in [5.41, 5.74) is 0.980. The lowest BCUT2D eigenvalue weighted by atomic mass is 10.1. The van der Waals surface area contributed by atoms with E-state index >= 15 is 0 Å². The van der Waals surface area contributed by atoms with Gasteiger partial charge in [0.05, 0.1) is 31.4 Å². The molecule has 1 N–H and O–H groups in total. The first-order valence-electron chi connectivity index (χ1n) is 7.51. The van der Waals surface area contributed by atoms with Crippen molar-refractivity contribution >= 4 is 6.09 Å². The van der Waals surface area contributed by atoms with E-state index in [0.29, 0.717) is 19.7 Å². The smallest absolute Gasteiger partial charge is 0.410 e. The topological polar surface area (TPSA) is 59.0 Å². The second-order valence-electron chi connectivity index (χ2n) is 5.74. The number of likely N-dealkylation sites (tertiary alicyclic amines) is 1. The van der Waals surface area contributed by atoms with E-state index < -0.39 is 0 Å². The molecular formula is C16H21NO4. The van der Waals surface area contributed by atoms with Crippen molar-refractivity contribution in [2.45, 2.75) is 44.2 Å². The van der Waals surface area contributed by atoms with Crippen molar-refractivity contribution in [1.29, 1.82) is 0 Å². The molecule has 2 fully saturated rings. The monoisotopic (exact) mass is 291 g/mol. The number of aliphatic hydroxyl groups is 1. The lowest BCUT2D eigenvalue weighted by molar-refractivity contribution is -0.112. The first-order valence-corrected chi connectivity index (χ1v) is 7.51. The zero-order chi connectivity index (χ0) is 14.7. The molecule has 1 saturated carbocycles. The number of rotatable bonds is 4. The van der Waals surface area contributed by atoms with E-state index in [0.717, 1.165) is 24.8 Å². The summed E-state index contributed by atoms with van der Waals surface area (Å²) in [6.07, 6.45) is 2.08. The number of hydrogen-bond acceptors (Lipinski definition) is 4. The Kier molecular flexibility index (Phi) is 4.41. The van der Waals surface area contributed by atoms with Crippen LogP contribution < -0.4 is 0 Å². The van der Waals surface area contributed by atoms with Gasteiger partial charge in [0.15, 0.2) is 0 Å². The average molecular weight is 291 g/mol. The normalized spacial score (nSPS) is 25.7. The number of amides is 1. The zero-order valence-corrected chi connectivity index (χ0v) is 12.0. The fraction of sp³-hybridized carbons (Fsp3) is 0.562. The van der Waals surface area contributed by atoms with Crippen LogP contribution in [0.25, 0.3) is 0 Å². The fourth-order valence-corrected chi connectivity index (χ4v) is 2.80. The van der Waals surface area contributed by atoms with Gasteiger partial charge in [0, 0.05) is 0 Å². The van der Waals surface area contributed by atoms with Gasteiger partial charge in [0.1, 0.15) is 6.61 Å². The Morgan fingerprint density at radius 3 is 2.67 bits per heavy atom. The maximum absolute atomic E-state index is 11.8. The lowest BCUT2D eigenvalue weighted by Gasteiger charge is -2.39. The van der Waals surface area contributed by atoms with Crippen molar-refractivity contribution < 1.29 is 19.4 Å². The van der Waals surface area contributed by atoms with Gasteiger partial charge < -0.3 is 19.5 Å². The molecule has 3 rings (SSSR count). The first-order chi connectivity index (χ1) is 10.2. The molecule has 1 saturated heterocycles. The second kappa shape index (κ2) is 6.45. The van der Waals surface area contributed by atoms with Gasteiger partial charge in [-0.05, 0) is 24.8 Å². The molecule has 1 aromatic rings.